The van der Waals surface area contributed by atoms with Gasteiger partial charge in [0.1, 0.15) is 18.2 Å². The van der Waals surface area contributed by atoms with Crippen LogP contribution in [0.2, 0.25) is 5.28 Å². The standard InChI is InChI=1S/C20H28ClN5O4/c1-28-13(5-8-26-12-23-15-16(22)24-18(21)25-17(15)26)11-29-19(27)30-14-9-20(10-14)6-3-2-4-7-20/h12-14H,2-11H2,1H3,(H2,22,24,25). The lowest BCUT2D eigenvalue weighted by atomic mass is 9.59. The maximum Gasteiger partial charge on any atom is 0.508 e. The first kappa shape index (κ1) is 21.1. The zero-order valence-electron chi connectivity index (χ0n) is 17.2. The number of hydrogen-bond acceptors (Lipinski definition) is 8. The van der Waals surface area contributed by atoms with Gasteiger partial charge in [-0.3, -0.25) is 0 Å². The third kappa shape index (κ3) is 4.62. The number of nitrogens with two attached hydrogens (primary N) is 1. The van der Waals surface area contributed by atoms with E-state index >= 15 is 0 Å². The molecule has 1 spiro atoms. The molecule has 2 aromatic rings. The fraction of sp³-hybridized carbons (Fsp3) is 0.700. The van der Waals surface area contributed by atoms with Crippen molar-refractivity contribution in [3.05, 3.63) is 11.6 Å². The molecular formula is C20H28ClN5O4. The first-order chi connectivity index (χ1) is 14.5. The highest BCUT2D eigenvalue weighted by atomic mass is 35.5. The van der Waals surface area contributed by atoms with E-state index in [-0.39, 0.29) is 29.9 Å². The molecule has 2 aliphatic carbocycles. The number of hydrogen-bond donors (Lipinski definition) is 1. The van der Waals surface area contributed by atoms with Gasteiger partial charge in [-0.25, -0.2) is 9.78 Å². The topological polar surface area (TPSA) is 114 Å². The molecule has 1 atom stereocenters. The highest BCUT2D eigenvalue weighted by molar-refractivity contribution is 6.28. The zero-order chi connectivity index (χ0) is 21.1. The van der Waals surface area contributed by atoms with Crippen molar-refractivity contribution >= 4 is 34.7 Å². The second-order valence-corrected chi connectivity index (χ2v) is 8.74. The molecule has 30 heavy (non-hydrogen) atoms. The van der Waals surface area contributed by atoms with Crippen molar-refractivity contribution in [2.75, 3.05) is 19.5 Å². The zero-order valence-corrected chi connectivity index (χ0v) is 17.9. The van der Waals surface area contributed by atoms with Crippen molar-refractivity contribution in [1.82, 2.24) is 19.5 Å². The van der Waals surface area contributed by atoms with Crippen LogP contribution in [-0.4, -0.2) is 51.6 Å². The van der Waals surface area contributed by atoms with Gasteiger partial charge in [0, 0.05) is 13.7 Å². The summed E-state index contributed by atoms with van der Waals surface area (Å²) >= 11 is 5.89. The summed E-state index contributed by atoms with van der Waals surface area (Å²) in [5.74, 6) is 0.240. The van der Waals surface area contributed by atoms with Crippen LogP contribution in [0.4, 0.5) is 10.6 Å². The van der Waals surface area contributed by atoms with Crippen LogP contribution in [0.5, 0.6) is 0 Å². The predicted molar refractivity (Wildman–Crippen MR) is 111 cm³/mol. The Morgan fingerprint density at radius 1 is 1.33 bits per heavy atom. The molecule has 2 N–H and O–H groups in total. The van der Waals surface area contributed by atoms with Crippen LogP contribution < -0.4 is 5.73 Å². The quantitative estimate of drug-likeness (QED) is 0.514. The molecule has 2 heterocycles. The first-order valence-corrected chi connectivity index (χ1v) is 10.9. The summed E-state index contributed by atoms with van der Waals surface area (Å²) < 4.78 is 18.0. The van der Waals surface area contributed by atoms with E-state index in [1.54, 1.807) is 13.4 Å². The number of carbonyl (C=O) groups is 1. The fourth-order valence-electron chi connectivity index (χ4n) is 4.68. The van der Waals surface area contributed by atoms with Crippen LogP contribution in [0, 0.1) is 5.41 Å². The summed E-state index contributed by atoms with van der Waals surface area (Å²) in [5.41, 5.74) is 7.31. The highest BCUT2D eigenvalue weighted by Crippen LogP contribution is 2.52. The smallest absolute Gasteiger partial charge is 0.432 e. The van der Waals surface area contributed by atoms with E-state index in [1.165, 1.54) is 32.1 Å². The third-order valence-electron chi connectivity index (χ3n) is 6.37. The predicted octanol–water partition coefficient (Wildman–Crippen LogP) is 3.73. The molecule has 0 bridgehead atoms. The Morgan fingerprint density at radius 2 is 2.10 bits per heavy atom. The number of nitrogen functional groups attached to an aromatic ring is 1. The van der Waals surface area contributed by atoms with Crippen molar-refractivity contribution in [2.24, 2.45) is 5.41 Å². The summed E-state index contributed by atoms with van der Waals surface area (Å²) in [6, 6.07) is 0. The highest BCUT2D eigenvalue weighted by Gasteiger charge is 2.46. The minimum atomic E-state index is -0.618. The van der Waals surface area contributed by atoms with Crippen molar-refractivity contribution < 1.29 is 19.0 Å². The van der Waals surface area contributed by atoms with E-state index in [2.05, 4.69) is 15.0 Å². The molecule has 4 rings (SSSR count). The van der Waals surface area contributed by atoms with Crippen LogP contribution >= 0.6 is 11.6 Å². The molecule has 10 heteroatoms. The van der Waals surface area contributed by atoms with Gasteiger partial charge >= 0.3 is 6.16 Å². The van der Waals surface area contributed by atoms with Gasteiger partial charge in [0.05, 0.1) is 12.4 Å². The average molecular weight is 438 g/mol. The van der Waals surface area contributed by atoms with Crippen LogP contribution in [0.3, 0.4) is 0 Å². The average Bonchev–Trinajstić information content (AvgIpc) is 3.11. The Labute approximate surface area is 180 Å². The second kappa shape index (κ2) is 8.93. The summed E-state index contributed by atoms with van der Waals surface area (Å²) in [4.78, 5) is 24.4. The number of halogens is 1. The molecule has 2 saturated carbocycles. The number of ether oxygens (including phenoxy) is 3. The molecule has 9 nitrogen and oxygen atoms in total. The molecule has 2 fully saturated rings. The Hall–Kier alpha value is -2.13. The minimum Gasteiger partial charge on any atom is -0.432 e. The van der Waals surface area contributed by atoms with Crippen LogP contribution in [-0.2, 0) is 20.8 Å². The SMILES string of the molecule is COC(CCn1cnc2c(N)nc(Cl)nc21)COC(=O)OC1CC2(CCCCC2)C1. The van der Waals surface area contributed by atoms with Gasteiger partial charge in [0.2, 0.25) is 5.28 Å². The monoisotopic (exact) mass is 437 g/mol. The number of rotatable bonds is 7. The van der Waals surface area contributed by atoms with Gasteiger partial charge in [0.25, 0.3) is 0 Å². The maximum absolute atomic E-state index is 12.1. The van der Waals surface area contributed by atoms with Gasteiger partial charge in [-0.2, -0.15) is 9.97 Å². The van der Waals surface area contributed by atoms with Gasteiger partial charge in [0.15, 0.2) is 11.5 Å². The Balaban J connectivity index is 1.22. The largest absolute Gasteiger partial charge is 0.508 e. The number of methoxy groups -OCH3 is 1. The van der Waals surface area contributed by atoms with E-state index in [0.717, 1.165) is 12.8 Å². The third-order valence-corrected chi connectivity index (χ3v) is 6.54. The first-order valence-electron chi connectivity index (χ1n) is 10.5. The second-order valence-electron chi connectivity index (χ2n) is 8.40. The normalized spacial score (nSPS) is 19.5. The van der Waals surface area contributed by atoms with Crippen LogP contribution in [0.15, 0.2) is 6.33 Å². The van der Waals surface area contributed by atoms with Crippen LogP contribution in [0.1, 0.15) is 51.4 Å². The summed E-state index contributed by atoms with van der Waals surface area (Å²) in [6.45, 7) is 0.670. The van der Waals surface area contributed by atoms with Gasteiger partial charge < -0.3 is 24.5 Å². The van der Waals surface area contributed by atoms with E-state index in [1.807, 2.05) is 4.57 Å². The number of imidazole rings is 1. The Kier molecular flexibility index (Phi) is 6.29. The molecule has 2 aliphatic rings. The van der Waals surface area contributed by atoms with Gasteiger partial charge in [-0.1, -0.05) is 19.3 Å². The number of aromatic nitrogens is 4. The van der Waals surface area contributed by atoms with E-state index in [4.69, 9.17) is 31.5 Å². The molecule has 1 unspecified atom stereocenters. The number of anilines is 1. The van der Waals surface area contributed by atoms with Crippen molar-refractivity contribution in [2.45, 2.75) is 70.1 Å². The molecule has 0 aliphatic heterocycles. The Morgan fingerprint density at radius 3 is 2.83 bits per heavy atom. The molecule has 2 aromatic heterocycles. The molecule has 164 valence electrons. The lowest BCUT2D eigenvalue weighted by molar-refractivity contribution is -0.0880. The fourth-order valence-corrected chi connectivity index (χ4v) is 4.86. The van der Waals surface area contributed by atoms with E-state index in [9.17, 15) is 4.79 Å². The summed E-state index contributed by atoms with van der Waals surface area (Å²) in [7, 11) is 1.58. The number of aryl methyl sites for hydroxylation is 1. The minimum absolute atomic E-state index is 0.0104. The summed E-state index contributed by atoms with van der Waals surface area (Å²) in [6.07, 6.45) is 9.69. The number of nitrogens with zero attached hydrogens (tertiary/aromatic N) is 4. The van der Waals surface area contributed by atoms with Crippen molar-refractivity contribution in [3.63, 3.8) is 0 Å². The van der Waals surface area contributed by atoms with Crippen molar-refractivity contribution in [1.29, 1.82) is 0 Å². The number of fused-ring (bicyclic) bond motifs is 1. The Bertz CT molecular complexity index is 891. The summed E-state index contributed by atoms with van der Waals surface area (Å²) in [5, 5.41) is 0.0714. The lowest BCUT2D eigenvalue weighted by Gasteiger charge is -2.49. The molecule has 0 saturated heterocycles. The van der Waals surface area contributed by atoms with E-state index in [0.29, 0.717) is 29.5 Å². The number of carbonyl (C=O) groups excluding carboxylic acids is 1. The molecule has 0 amide bonds. The van der Waals surface area contributed by atoms with Crippen molar-refractivity contribution in [3.8, 4) is 0 Å². The van der Waals surface area contributed by atoms with Crippen LogP contribution in [0.25, 0.3) is 11.2 Å². The maximum atomic E-state index is 12.1. The molecule has 0 aromatic carbocycles. The van der Waals surface area contributed by atoms with E-state index < -0.39 is 6.16 Å². The molecular weight excluding hydrogens is 410 g/mol. The van der Waals surface area contributed by atoms with Gasteiger partial charge in [-0.15, -0.1) is 0 Å². The molecule has 0 radical (unpaired) electrons. The lowest BCUT2D eigenvalue weighted by Crippen LogP contribution is -2.44. The van der Waals surface area contributed by atoms with Gasteiger partial charge in [-0.05, 0) is 49.1 Å².